The number of hydrogen-bond donors (Lipinski definition) is 0. The Morgan fingerprint density at radius 2 is 1.18 bits per heavy atom. The van der Waals surface area contributed by atoms with Crippen LogP contribution in [0.15, 0.2) is 168 Å². The summed E-state index contributed by atoms with van der Waals surface area (Å²) in [7, 11) is 0. The molecule has 4 heterocycles. The van der Waals surface area contributed by atoms with E-state index in [1.165, 1.54) is 11.3 Å². The van der Waals surface area contributed by atoms with Crippen LogP contribution in [0, 0.1) is 0 Å². The van der Waals surface area contributed by atoms with Crippen LogP contribution in [0.25, 0.3) is 72.5 Å². The minimum Gasteiger partial charge on any atom is -0.456 e. The molecule has 2 atom stereocenters. The highest BCUT2D eigenvalue weighted by Crippen LogP contribution is 2.50. The van der Waals surface area contributed by atoms with E-state index in [0.717, 1.165) is 60.6 Å². The van der Waals surface area contributed by atoms with Crippen LogP contribution in [0.1, 0.15) is 11.5 Å². The molecular weight excluding hydrogens is 627 g/mol. The van der Waals surface area contributed by atoms with Crippen LogP contribution in [-0.4, -0.2) is 25.6 Å². The molecule has 1 aliphatic heterocycles. The average molecular weight is 656 g/mol. The lowest BCUT2D eigenvalue weighted by atomic mass is 9.91. The van der Waals surface area contributed by atoms with Crippen molar-refractivity contribution in [3.05, 3.63) is 169 Å². The summed E-state index contributed by atoms with van der Waals surface area (Å²) >= 11 is 0. The average Bonchev–Trinajstić information content (AvgIpc) is 3.84. The van der Waals surface area contributed by atoms with Crippen molar-refractivity contribution in [1.29, 1.82) is 0 Å². The van der Waals surface area contributed by atoms with Gasteiger partial charge >= 0.3 is 0 Å². The second-order valence-electron chi connectivity index (χ2n) is 13.2. The molecule has 0 saturated heterocycles. The van der Waals surface area contributed by atoms with E-state index in [4.69, 9.17) is 19.4 Å². The highest BCUT2D eigenvalue weighted by atomic mass is 16.3. The molecule has 1 aliphatic carbocycles. The Morgan fingerprint density at radius 3 is 1.98 bits per heavy atom. The number of fused-ring (bicyclic) bond motifs is 9. The van der Waals surface area contributed by atoms with Gasteiger partial charge in [-0.25, -0.2) is 4.98 Å². The Hall–Kier alpha value is -6.79. The highest BCUT2D eigenvalue weighted by molar-refractivity contribution is 6.09. The molecule has 0 radical (unpaired) electrons. The second kappa shape index (κ2) is 10.9. The molecule has 11 rings (SSSR count). The number of nitrogens with zero attached hydrogens (tertiary/aromatic N) is 5. The van der Waals surface area contributed by atoms with Crippen molar-refractivity contribution >= 4 is 55.1 Å². The number of rotatable bonds is 4. The summed E-state index contributed by atoms with van der Waals surface area (Å²) in [4.78, 5) is 17.9. The molecule has 0 bridgehead atoms. The Morgan fingerprint density at radius 1 is 0.510 bits per heavy atom. The molecule has 0 saturated carbocycles. The van der Waals surface area contributed by atoms with E-state index in [2.05, 4.69) is 143 Å². The SMILES string of the molecule is C1=CC2c3cc4oc5ccccc5c4cc3N(c3cccc(-c4nc(-c5ccccc5)nc(-n5c6ccccc6c6ccccc65)n4)c3)C2C=C1. The van der Waals surface area contributed by atoms with Gasteiger partial charge < -0.3 is 9.32 Å². The highest BCUT2D eigenvalue weighted by Gasteiger charge is 2.38. The largest absolute Gasteiger partial charge is 0.456 e. The molecule has 6 heteroatoms. The number of para-hydroxylation sites is 3. The molecule has 0 amide bonds. The van der Waals surface area contributed by atoms with Gasteiger partial charge in [-0.05, 0) is 48.0 Å². The van der Waals surface area contributed by atoms with Crippen LogP contribution in [-0.2, 0) is 0 Å². The first kappa shape index (κ1) is 28.1. The lowest BCUT2D eigenvalue weighted by Crippen LogP contribution is -2.28. The fraction of sp³-hybridized carbons (Fsp3) is 0.0444. The minimum atomic E-state index is 0.129. The summed E-state index contributed by atoms with van der Waals surface area (Å²) in [6.45, 7) is 0. The summed E-state index contributed by atoms with van der Waals surface area (Å²) in [5.41, 5.74) is 9.31. The molecule has 0 fully saturated rings. The van der Waals surface area contributed by atoms with Crippen LogP contribution in [0.5, 0.6) is 0 Å². The third kappa shape index (κ3) is 4.26. The Balaban J connectivity index is 1.11. The molecule has 6 nitrogen and oxygen atoms in total. The summed E-state index contributed by atoms with van der Waals surface area (Å²) < 4.78 is 8.49. The molecular formula is C45H29N5O. The van der Waals surface area contributed by atoms with E-state index in [0.29, 0.717) is 17.6 Å². The fourth-order valence-electron chi connectivity index (χ4n) is 8.10. The first-order valence-corrected chi connectivity index (χ1v) is 17.3. The summed E-state index contributed by atoms with van der Waals surface area (Å²) in [5, 5.41) is 4.57. The zero-order chi connectivity index (χ0) is 33.5. The van der Waals surface area contributed by atoms with Gasteiger partial charge in [0.15, 0.2) is 11.6 Å². The fourth-order valence-corrected chi connectivity index (χ4v) is 8.10. The topological polar surface area (TPSA) is 60.0 Å². The summed E-state index contributed by atoms with van der Waals surface area (Å²) in [6, 6.07) is 48.6. The zero-order valence-corrected chi connectivity index (χ0v) is 27.4. The van der Waals surface area contributed by atoms with Crippen LogP contribution < -0.4 is 4.90 Å². The molecule has 0 N–H and O–H groups in total. The van der Waals surface area contributed by atoms with Crippen molar-refractivity contribution in [3.63, 3.8) is 0 Å². The normalized spacial score (nSPS) is 16.4. The molecule has 240 valence electrons. The van der Waals surface area contributed by atoms with Crippen LogP contribution in [0.3, 0.4) is 0 Å². The monoisotopic (exact) mass is 655 g/mol. The van der Waals surface area contributed by atoms with Crippen molar-refractivity contribution in [2.24, 2.45) is 0 Å². The number of benzene rings is 6. The van der Waals surface area contributed by atoms with Crippen molar-refractivity contribution in [1.82, 2.24) is 19.5 Å². The maximum absolute atomic E-state index is 6.33. The lowest BCUT2D eigenvalue weighted by Gasteiger charge is -2.29. The zero-order valence-electron chi connectivity index (χ0n) is 27.4. The number of allylic oxidation sites excluding steroid dienone is 2. The standard InChI is InChI=1S/C45H29N5O/c1-2-13-28(14-3-1)43-46-44(48-45(47-43)50-38-22-9-4-17-31(38)32-18-5-10-23-39(32)50)29-15-12-16-30(25-29)49-37-21-8-6-19-33(37)35-27-42-36(26-40(35)49)34-20-7-11-24-41(34)51-42/h1-27,33,37H. The Kier molecular flexibility index (Phi) is 5.98. The van der Waals surface area contributed by atoms with E-state index in [9.17, 15) is 0 Å². The summed E-state index contributed by atoms with van der Waals surface area (Å²) in [5.74, 6) is 2.04. The quantitative estimate of drug-likeness (QED) is 0.189. The second-order valence-corrected chi connectivity index (χ2v) is 13.2. The van der Waals surface area contributed by atoms with Gasteiger partial charge in [0.2, 0.25) is 5.95 Å². The predicted molar refractivity (Wildman–Crippen MR) is 206 cm³/mol. The van der Waals surface area contributed by atoms with Gasteiger partial charge in [-0.2, -0.15) is 9.97 Å². The van der Waals surface area contributed by atoms with Gasteiger partial charge in [-0.15, -0.1) is 0 Å². The lowest BCUT2D eigenvalue weighted by molar-refractivity contribution is 0.667. The van der Waals surface area contributed by atoms with E-state index in [-0.39, 0.29) is 12.0 Å². The van der Waals surface area contributed by atoms with Gasteiger partial charge in [-0.1, -0.05) is 121 Å². The number of furan rings is 1. The first-order chi connectivity index (χ1) is 25.3. The molecule has 9 aromatic rings. The van der Waals surface area contributed by atoms with Crippen LogP contribution >= 0.6 is 0 Å². The first-order valence-electron chi connectivity index (χ1n) is 17.3. The third-order valence-electron chi connectivity index (χ3n) is 10.4. The van der Waals surface area contributed by atoms with Crippen molar-refractivity contribution in [2.45, 2.75) is 12.0 Å². The minimum absolute atomic E-state index is 0.129. The maximum Gasteiger partial charge on any atom is 0.238 e. The van der Waals surface area contributed by atoms with Crippen molar-refractivity contribution < 1.29 is 4.42 Å². The maximum atomic E-state index is 6.33. The molecule has 3 aromatic heterocycles. The van der Waals surface area contributed by atoms with E-state index in [1.807, 2.05) is 30.3 Å². The van der Waals surface area contributed by atoms with Crippen molar-refractivity contribution in [3.8, 4) is 28.7 Å². The Labute approximate surface area is 293 Å². The van der Waals surface area contributed by atoms with Gasteiger partial charge in [-0.3, -0.25) is 4.57 Å². The van der Waals surface area contributed by atoms with Crippen LogP contribution in [0.4, 0.5) is 11.4 Å². The molecule has 51 heavy (non-hydrogen) atoms. The van der Waals surface area contributed by atoms with Gasteiger partial charge in [0.05, 0.1) is 17.1 Å². The smallest absolute Gasteiger partial charge is 0.238 e. The molecule has 2 unspecified atom stereocenters. The van der Waals surface area contributed by atoms with Crippen LogP contribution in [0.2, 0.25) is 0 Å². The molecule has 0 spiro atoms. The predicted octanol–water partition coefficient (Wildman–Crippen LogP) is 10.9. The summed E-state index contributed by atoms with van der Waals surface area (Å²) in [6.07, 6.45) is 8.91. The number of aromatic nitrogens is 4. The Bertz CT molecular complexity index is 2850. The molecule has 6 aromatic carbocycles. The van der Waals surface area contributed by atoms with E-state index < -0.39 is 0 Å². The van der Waals surface area contributed by atoms with Gasteiger partial charge in [0.25, 0.3) is 0 Å². The van der Waals surface area contributed by atoms with Crippen molar-refractivity contribution in [2.75, 3.05) is 4.90 Å². The number of anilines is 2. The van der Waals surface area contributed by atoms with Gasteiger partial charge in [0, 0.05) is 50.0 Å². The van der Waals surface area contributed by atoms with Gasteiger partial charge in [0.1, 0.15) is 11.2 Å². The number of hydrogen-bond acceptors (Lipinski definition) is 5. The van der Waals surface area contributed by atoms with E-state index in [1.54, 1.807) is 0 Å². The molecule has 2 aliphatic rings. The van der Waals surface area contributed by atoms with E-state index >= 15 is 0 Å². The third-order valence-corrected chi connectivity index (χ3v) is 10.4.